The molecule has 198 valence electrons. The molecule has 0 aromatic heterocycles. The summed E-state index contributed by atoms with van der Waals surface area (Å²) < 4.78 is 34.3. The summed E-state index contributed by atoms with van der Waals surface area (Å²) in [7, 11) is 2.82. The number of hydrogen-bond donors (Lipinski definition) is 0. The van der Waals surface area contributed by atoms with Crippen molar-refractivity contribution in [1.29, 1.82) is 0 Å². The number of esters is 3. The van der Waals surface area contributed by atoms with Gasteiger partial charge in [0.1, 0.15) is 6.10 Å². The van der Waals surface area contributed by atoms with Crippen LogP contribution < -0.4 is 0 Å². The third kappa shape index (κ3) is 6.44. The number of rotatable bonds is 9. The largest absolute Gasteiger partial charge is 0.452 e. The molecular weight excluding hydrogens is 492 g/mol. The molecule has 1 aliphatic heterocycles. The van der Waals surface area contributed by atoms with Crippen molar-refractivity contribution in [3.63, 3.8) is 0 Å². The Kier molecular flexibility index (Phi) is 9.21. The minimum Gasteiger partial charge on any atom is -0.452 e. The first-order valence-electron chi connectivity index (χ1n) is 12.0. The quantitative estimate of drug-likeness (QED) is 0.308. The van der Waals surface area contributed by atoms with Crippen molar-refractivity contribution in [3.8, 4) is 0 Å². The summed E-state index contributed by atoms with van der Waals surface area (Å²) >= 11 is 0. The van der Waals surface area contributed by atoms with Gasteiger partial charge in [0.2, 0.25) is 0 Å². The van der Waals surface area contributed by atoms with Gasteiger partial charge in [-0.15, -0.1) is 0 Å². The lowest BCUT2D eigenvalue weighted by Gasteiger charge is -2.44. The van der Waals surface area contributed by atoms with E-state index in [9.17, 15) is 14.4 Å². The molecule has 1 fully saturated rings. The molecule has 0 radical (unpaired) electrons. The Labute approximate surface area is 220 Å². The van der Waals surface area contributed by atoms with Crippen LogP contribution in [0, 0.1) is 0 Å². The van der Waals surface area contributed by atoms with E-state index in [1.54, 1.807) is 91.0 Å². The molecule has 0 unspecified atom stereocenters. The second-order valence-electron chi connectivity index (χ2n) is 8.44. The van der Waals surface area contributed by atoms with Crippen LogP contribution in [-0.4, -0.2) is 69.4 Å². The van der Waals surface area contributed by atoms with Crippen LogP contribution in [0.2, 0.25) is 0 Å². The SMILES string of the molecule is COC[C@H]1O[C@H](OC)[C@H](OC(=O)c2ccccc2)[C@@H](OC(=O)c2ccccc2)[C@@H]1OC(=O)c1ccccc1. The van der Waals surface area contributed by atoms with Gasteiger partial charge in [0.15, 0.2) is 24.6 Å². The lowest BCUT2D eigenvalue weighted by atomic mass is 9.97. The number of ether oxygens (including phenoxy) is 6. The average Bonchev–Trinajstić information content (AvgIpc) is 2.97. The fourth-order valence-electron chi connectivity index (χ4n) is 4.07. The summed E-state index contributed by atoms with van der Waals surface area (Å²) in [6.07, 6.45) is -5.82. The van der Waals surface area contributed by atoms with E-state index in [4.69, 9.17) is 28.4 Å². The van der Waals surface area contributed by atoms with Gasteiger partial charge >= 0.3 is 17.9 Å². The van der Waals surface area contributed by atoms with Crippen molar-refractivity contribution >= 4 is 17.9 Å². The molecule has 1 aliphatic rings. The topological polar surface area (TPSA) is 107 Å². The normalized spacial score (nSPS) is 22.7. The molecule has 0 aliphatic carbocycles. The Hall–Kier alpha value is -4.05. The zero-order chi connectivity index (χ0) is 26.9. The first kappa shape index (κ1) is 27.0. The van der Waals surface area contributed by atoms with Crippen LogP contribution >= 0.6 is 0 Å². The summed E-state index contributed by atoms with van der Waals surface area (Å²) in [6.45, 7) is -0.0225. The molecule has 0 spiro atoms. The van der Waals surface area contributed by atoms with Crippen LogP contribution in [0.15, 0.2) is 91.0 Å². The molecule has 9 heteroatoms. The first-order valence-corrected chi connectivity index (χ1v) is 12.0. The van der Waals surface area contributed by atoms with Gasteiger partial charge in [0, 0.05) is 14.2 Å². The maximum atomic E-state index is 13.2. The molecule has 0 N–H and O–H groups in total. The highest BCUT2D eigenvalue weighted by atomic mass is 16.7. The van der Waals surface area contributed by atoms with E-state index in [1.165, 1.54) is 14.2 Å². The minimum absolute atomic E-state index is 0.0225. The van der Waals surface area contributed by atoms with E-state index in [1.807, 2.05) is 0 Å². The van der Waals surface area contributed by atoms with Gasteiger partial charge in [-0.2, -0.15) is 0 Å². The Balaban J connectivity index is 1.70. The van der Waals surface area contributed by atoms with Crippen molar-refractivity contribution in [2.24, 2.45) is 0 Å². The standard InChI is InChI=1S/C29H28O9/c1-33-18-22-23(36-26(30)19-12-6-3-7-13-19)24(37-27(31)20-14-8-4-9-15-20)25(29(34-2)35-22)38-28(32)21-16-10-5-11-17-21/h3-17,22-25,29H,18H2,1-2H3/t22-,23-,24+,25-,29+/m1/s1. The van der Waals surface area contributed by atoms with Gasteiger partial charge in [0.25, 0.3) is 0 Å². The summed E-state index contributed by atoms with van der Waals surface area (Å²) in [5.41, 5.74) is 0.813. The summed E-state index contributed by atoms with van der Waals surface area (Å²) in [5.74, 6) is -2.07. The van der Waals surface area contributed by atoms with Gasteiger partial charge in [-0.3, -0.25) is 0 Å². The molecule has 3 aromatic carbocycles. The molecule has 5 atom stereocenters. The second kappa shape index (κ2) is 13.0. The molecule has 0 amide bonds. The van der Waals surface area contributed by atoms with Crippen LogP contribution in [0.3, 0.4) is 0 Å². The zero-order valence-electron chi connectivity index (χ0n) is 20.9. The van der Waals surface area contributed by atoms with Gasteiger partial charge in [0.05, 0.1) is 23.3 Å². The summed E-state index contributed by atoms with van der Waals surface area (Å²) in [5, 5.41) is 0. The minimum atomic E-state index is -1.29. The molecular formula is C29H28O9. The van der Waals surface area contributed by atoms with Crippen molar-refractivity contribution in [1.82, 2.24) is 0 Å². The molecule has 4 rings (SSSR count). The maximum absolute atomic E-state index is 13.2. The van der Waals surface area contributed by atoms with Gasteiger partial charge in [-0.25, -0.2) is 14.4 Å². The molecule has 0 bridgehead atoms. The third-order valence-electron chi connectivity index (χ3n) is 5.91. The predicted molar refractivity (Wildman–Crippen MR) is 134 cm³/mol. The van der Waals surface area contributed by atoms with Gasteiger partial charge in [-0.1, -0.05) is 54.6 Å². The molecule has 1 saturated heterocycles. The molecule has 9 nitrogen and oxygen atoms in total. The van der Waals surface area contributed by atoms with Gasteiger partial charge in [-0.05, 0) is 36.4 Å². The molecule has 0 saturated carbocycles. The Morgan fingerprint density at radius 3 is 1.39 bits per heavy atom. The van der Waals surface area contributed by atoms with E-state index in [0.717, 1.165) is 0 Å². The lowest BCUT2D eigenvalue weighted by Crippen LogP contribution is -2.62. The van der Waals surface area contributed by atoms with E-state index >= 15 is 0 Å². The summed E-state index contributed by atoms with van der Waals surface area (Å²) in [4.78, 5) is 39.3. The molecule has 1 heterocycles. The third-order valence-corrected chi connectivity index (χ3v) is 5.91. The van der Waals surface area contributed by atoms with E-state index in [2.05, 4.69) is 0 Å². The van der Waals surface area contributed by atoms with Crippen molar-refractivity contribution in [3.05, 3.63) is 108 Å². The monoisotopic (exact) mass is 520 g/mol. The highest BCUT2D eigenvalue weighted by molar-refractivity contribution is 5.91. The Bertz CT molecular complexity index is 1200. The number of benzene rings is 3. The number of carbonyl (C=O) groups excluding carboxylic acids is 3. The molecule has 3 aromatic rings. The maximum Gasteiger partial charge on any atom is 0.338 e. The fourth-order valence-corrected chi connectivity index (χ4v) is 4.07. The Morgan fingerprint density at radius 2 is 1.00 bits per heavy atom. The lowest BCUT2D eigenvalue weighted by molar-refractivity contribution is -0.293. The van der Waals surface area contributed by atoms with Crippen molar-refractivity contribution in [2.45, 2.75) is 30.7 Å². The first-order chi connectivity index (χ1) is 18.5. The Morgan fingerprint density at radius 1 is 0.605 bits per heavy atom. The second-order valence-corrected chi connectivity index (χ2v) is 8.44. The van der Waals surface area contributed by atoms with Crippen LogP contribution in [0.25, 0.3) is 0 Å². The molecule has 38 heavy (non-hydrogen) atoms. The number of carbonyl (C=O) groups is 3. The number of methoxy groups -OCH3 is 2. The number of hydrogen-bond acceptors (Lipinski definition) is 9. The van der Waals surface area contributed by atoms with Crippen LogP contribution in [0.4, 0.5) is 0 Å². The van der Waals surface area contributed by atoms with E-state index in [0.29, 0.717) is 0 Å². The van der Waals surface area contributed by atoms with Crippen LogP contribution in [0.1, 0.15) is 31.1 Å². The highest BCUT2D eigenvalue weighted by Crippen LogP contribution is 2.31. The van der Waals surface area contributed by atoms with Crippen molar-refractivity contribution in [2.75, 3.05) is 20.8 Å². The van der Waals surface area contributed by atoms with Gasteiger partial charge < -0.3 is 28.4 Å². The van der Waals surface area contributed by atoms with E-state index < -0.39 is 48.6 Å². The van der Waals surface area contributed by atoms with Crippen LogP contribution in [0.5, 0.6) is 0 Å². The summed E-state index contributed by atoms with van der Waals surface area (Å²) in [6, 6.07) is 24.9. The fraction of sp³-hybridized carbons (Fsp3) is 0.276. The van der Waals surface area contributed by atoms with Crippen molar-refractivity contribution < 1.29 is 42.8 Å². The van der Waals surface area contributed by atoms with Crippen LogP contribution in [-0.2, 0) is 28.4 Å². The average molecular weight is 521 g/mol. The smallest absolute Gasteiger partial charge is 0.338 e. The zero-order valence-corrected chi connectivity index (χ0v) is 20.9. The van der Waals surface area contributed by atoms with E-state index in [-0.39, 0.29) is 23.3 Å². The predicted octanol–water partition coefficient (Wildman–Crippen LogP) is 3.68. The highest BCUT2D eigenvalue weighted by Gasteiger charge is 2.53.